The molecule has 6 heterocycles. The molecule has 28 heteroatoms. The first-order chi connectivity index (χ1) is 35.7. The summed E-state index contributed by atoms with van der Waals surface area (Å²) in [4.78, 5) is 66.7. The third-order valence-electron chi connectivity index (χ3n) is 12.4. The standard InChI is InChI=1S/C19H23FN2O6S.C12H18N2O3.C10H14N2O5.C7H7FO4S/c1-4-16-12(2)9-17(27-16)22-10-13(3)18(21-19(22)23)26-11-14-5-7-15(8-6-14)28-29(20,24)25;1-4-9-7(2)5-10(17-9)14-6-8(3)11(15)13-12(14)16;1-5-3-12(10(16)11-9(5)15)8-2-6(14)7(4-13)17-8;8-13(10,11)12-7-3-1-6(5-9)2-4-7/h5-8,10,12,16-17H,4,9,11H2,1-3H3;6-7,9-10H,4-5H2,1-3H3,(H,13,15,16);3,6-8,13-14H,2,4H2,1H3,(H,11,15,16);1-4,9H,5H2/t12?,16-,17-;7?,9-,10-;6?,7-,8-;/m111./s1. The first-order valence-corrected chi connectivity index (χ1v) is 26.5. The molecule has 0 radical (unpaired) electrons. The average molecular weight is 1110 g/mol. The van der Waals surface area contributed by atoms with Crippen molar-refractivity contribution >= 4 is 21.0 Å². The number of halogens is 2. The highest BCUT2D eigenvalue weighted by Crippen LogP contribution is 2.35. The molecule has 9 atom stereocenters. The number of nitrogens with zero attached hydrogens (tertiary/aromatic N) is 4. The smallest absolute Gasteiger partial charge is 0.472 e. The number of aliphatic hydroxyl groups is 3. The van der Waals surface area contributed by atoms with E-state index in [4.69, 9.17) is 29.2 Å². The summed E-state index contributed by atoms with van der Waals surface area (Å²) >= 11 is 0. The van der Waals surface area contributed by atoms with Gasteiger partial charge in [0.25, 0.3) is 11.1 Å². The number of H-pyrrole nitrogens is 2. The minimum atomic E-state index is -5.06. The monoisotopic (exact) mass is 1110 g/mol. The molecule has 0 spiro atoms. The van der Waals surface area contributed by atoms with Crippen LogP contribution >= 0.6 is 0 Å². The second kappa shape index (κ2) is 26.6. The average Bonchev–Trinajstić information content (AvgIpc) is 4.06. The van der Waals surface area contributed by atoms with Crippen LogP contribution in [0.2, 0.25) is 0 Å². The Morgan fingerprint density at radius 2 is 1.04 bits per heavy atom. The molecule has 24 nitrogen and oxygen atoms in total. The third-order valence-corrected chi connectivity index (χ3v) is 13.2. The van der Waals surface area contributed by atoms with E-state index in [9.17, 15) is 53.7 Å². The summed E-state index contributed by atoms with van der Waals surface area (Å²) in [5.74, 6) is 0.733. The van der Waals surface area contributed by atoms with Gasteiger partial charge in [0, 0.05) is 41.7 Å². The number of aryl methyl sites for hydroxylation is 3. The molecule has 2 aromatic carbocycles. The van der Waals surface area contributed by atoms with Gasteiger partial charge in [-0.05, 0) is 93.7 Å². The van der Waals surface area contributed by atoms with Crippen molar-refractivity contribution in [2.24, 2.45) is 11.8 Å². The lowest BCUT2D eigenvalue weighted by atomic mass is 10.0. The number of aromatic amines is 2. The second-order valence-electron chi connectivity index (χ2n) is 18.2. The minimum Gasteiger partial charge on any atom is -0.472 e. The van der Waals surface area contributed by atoms with Crippen LogP contribution in [0.1, 0.15) is 106 Å². The number of aromatic nitrogens is 6. The summed E-state index contributed by atoms with van der Waals surface area (Å²) in [6.07, 6.45) is 5.81. The van der Waals surface area contributed by atoms with Crippen LogP contribution in [0.4, 0.5) is 7.77 Å². The zero-order chi connectivity index (χ0) is 56.2. The lowest BCUT2D eigenvalue weighted by Gasteiger charge is -2.17. The molecule has 0 amide bonds. The van der Waals surface area contributed by atoms with Crippen LogP contribution in [0.3, 0.4) is 0 Å². The normalized spacial score (nSPS) is 23.0. The number of nitrogens with one attached hydrogen (secondary N) is 2. The van der Waals surface area contributed by atoms with E-state index in [0.717, 1.165) is 25.7 Å². The third kappa shape index (κ3) is 17.1. The van der Waals surface area contributed by atoms with Crippen molar-refractivity contribution in [1.82, 2.24) is 28.7 Å². The fourth-order valence-electron chi connectivity index (χ4n) is 8.31. The van der Waals surface area contributed by atoms with Gasteiger partial charge in [-0.2, -0.15) is 21.8 Å². The Balaban J connectivity index is 0.000000197. The summed E-state index contributed by atoms with van der Waals surface area (Å²) in [6.45, 7) is 13.0. The van der Waals surface area contributed by atoms with Gasteiger partial charge in [-0.3, -0.25) is 33.3 Å². The molecule has 0 saturated carbocycles. The molecule has 5 aromatic rings. The number of hydrogen-bond donors (Lipinski definition) is 5. The Hall–Kier alpha value is -6.40. The summed E-state index contributed by atoms with van der Waals surface area (Å²) in [5.41, 5.74) is 0.650. The van der Waals surface area contributed by atoms with Gasteiger partial charge in [0.05, 0.1) is 31.5 Å². The van der Waals surface area contributed by atoms with Gasteiger partial charge in [0.1, 0.15) is 42.9 Å². The number of hydrogen-bond acceptors (Lipinski definition) is 19. The van der Waals surface area contributed by atoms with Gasteiger partial charge in [-0.1, -0.05) is 59.7 Å². The van der Waals surface area contributed by atoms with E-state index in [1.807, 2.05) is 0 Å². The fraction of sp³-hybridized carbons (Fsp3) is 0.500. The quantitative estimate of drug-likeness (QED) is 0.0994. The highest BCUT2D eigenvalue weighted by atomic mass is 32.3. The molecule has 5 N–H and O–H groups in total. The van der Waals surface area contributed by atoms with Crippen LogP contribution in [-0.2, 0) is 48.4 Å². The van der Waals surface area contributed by atoms with Crippen molar-refractivity contribution in [1.29, 1.82) is 0 Å². The van der Waals surface area contributed by atoms with E-state index in [1.165, 1.54) is 68.4 Å². The Kier molecular flexibility index (Phi) is 21.1. The Morgan fingerprint density at radius 3 is 1.43 bits per heavy atom. The Bertz CT molecular complexity index is 3180. The number of ether oxygens (including phenoxy) is 4. The first kappa shape index (κ1) is 60.5. The predicted molar refractivity (Wildman–Crippen MR) is 267 cm³/mol. The van der Waals surface area contributed by atoms with E-state index >= 15 is 0 Å². The molecule has 3 aliphatic rings. The molecule has 3 aromatic heterocycles. The van der Waals surface area contributed by atoms with Gasteiger partial charge in [0.2, 0.25) is 5.88 Å². The van der Waals surface area contributed by atoms with Gasteiger partial charge >= 0.3 is 38.1 Å². The van der Waals surface area contributed by atoms with E-state index < -0.39 is 62.1 Å². The summed E-state index contributed by atoms with van der Waals surface area (Å²) in [6, 6.07) is 11.0. The van der Waals surface area contributed by atoms with E-state index in [2.05, 4.69) is 51.0 Å². The molecule has 3 unspecified atom stereocenters. The largest absolute Gasteiger partial charge is 0.488 e. The molecule has 3 saturated heterocycles. The van der Waals surface area contributed by atoms with Crippen molar-refractivity contribution < 1.29 is 67.2 Å². The molecular weight excluding hydrogens is 1050 g/mol. The summed E-state index contributed by atoms with van der Waals surface area (Å²) in [7, 11) is -10.0. The summed E-state index contributed by atoms with van der Waals surface area (Å²) < 4.78 is 100. The highest BCUT2D eigenvalue weighted by Gasteiger charge is 2.36. The molecule has 0 bridgehead atoms. The SMILES string of the molecule is CC[C@H]1O[C@@H](n2cc(C)c(=O)[nH]c2=O)CC1C.CC[C@H]1O[C@@H](n2cc(C)c(OCc3ccc(OS(=O)(=O)F)cc3)nc2=O)CC1C.Cc1cn([C@H]2CC(O)[C@@H](CO)O2)c(=O)[nH]c1=O.O=S(=O)(F)Oc1ccc(CO)cc1. The van der Waals surface area contributed by atoms with Crippen molar-refractivity contribution in [3.8, 4) is 17.4 Å². The maximum Gasteiger partial charge on any atom is 0.488 e. The molecule has 3 aliphatic heterocycles. The van der Waals surface area contributed by atoms with Gasteiger partial charge in [-0.25, -0.2) is 14.4 Å². The number of benzene rings is 2. The summed E-state index contributed by atoms with van der Waals surface area (Å²) in [5, 5.41) is 27.1. The van der Waals surface area contributed by atoms with Crippen molar-refractivity contribution in [2.45, 2.75) is 137 Å². The van der Waals surface area contributed by atoms with Crippen molar-refractivity contribution in [2.75, 3.05) is 6.61 Å². The molecule has 76 heavy (non-hydrogen) atoms. The first-order valence-electron chi connectivity index (χ1n) is 23.9. The maximum atomic E-state index is 12.5. The van der Waals surface area contributed by atoms with Crippen LogP contribution in [-0.4, -0.2) is 91.8 Å². The fourth-order valence-corrected chi connectivity index (χ4v) is 8.99. The van der Waals surface area contributed by atoms with Gasteiger partial charge in [-0.15, -0.1) is 0 Å². The van der Waals surface area contributed by atoms with Gasteiger partial charge < -0.3 is 42.6 Å². The lowest BCUT2D eigenvalue weighted by molar-refractivity contribution is -0.0459. The molecule has 418 valence electrons. The van der Waals surface area contributed by atoms with E-state index in [1.54, 1.807) is 33.2 Å². The minimum absolute atomic E-state index is 0.0921. The predicted octanol–water partition coefficient (Wildman–Crippen LogP) is 3.49. The lowest BCUT2D eigenvalue weighted by Crippen LogP contribution is -2.33. The molecule has 3 fully saturated rings. The molecular formula is C48H62F2N6O18S2. The molecule has 0 aliphatic carbocycles. The highest BCUT2D eigenvalue weighted by molar-refractivity contribution is 7.82. The zero-order valence-electron chi connectivity index (χ0n) is 42.5. The zero-order valence-corrected chi connectivity index (χ0v) is 44.2. The van der Waals surface area contributed by atoms with Crippen LogP contribution in [0.25, 0.3) is 0 Å². The van der Waals surface area contributed by atoms with Crippen LogP contribution in [0, 0.1) is 32.6 Å². The number of rotatable bonds is 14. The topological polar surface area (TPSA) is 329 Å². The van der Waals surface area contributed by atoms with Crippen LogP contribution < -0.4 is 41.3 Å². The molecule has 8 rings (SSSR count). The van der Waals surface area contributed by atoms with Crippen LogP contribution in [0.5, 0.6) is 17.4 Å². The Morgan fingerprint density at radius 1 is 0.632 bits per heavy atom. The van der Waals surface area contributed by atoms with Crippen LogP contribution in [0.15, 0.2) is 91.1 Å². The van der Waals surface area contributed by atoms with E-state index in [0.29, 0.717) is 39.7 Å². The Labute approximate surface area is 435 Å². The maximum absolute atomic E-state index is 12.5. The van der Waals surface area contributed by atoms with Gasteiger partial charge in [0.15, 0.2) is 0 Å². The second-order valence-corrected chi connectivity index (χ2v) is 20.1. The van der Waals surface area contributed by atoms with Crippen molar-refractivity contribution in [3.63, 3.8) is 0 Å². The van der Waals surface area contributed by atoms with Crippen molar-refractivity contribution in [3.05, 3.63) is 147 Å². The number of aliphatic hydroxyl groups excluding tert-OH is 3. The van der Waals surface area contributed by atoms with E-state index in [-0.39, 0.29) is 73.8 Å².